The van der Waals surface area contributed by atoms with Crippen LogP contribution in [0.3, 0.4) is 0 Å². The molecule has 0 aliphatic rings. The topological polar surface area (TPSA) is 26.0 Å². The maximum atomic E-state index is 6.39. The van der Waals surface area contributed by atoms with Crippen LogP contribution in [0, 0.1) is 6.92 Å². The quantitative estimate of drug-likeness (QED) is 0.648. The lowest BCUT2D eigenvalue weighted by molar-refractivity contribution is 0.499. The Morgan fingerprint density at radius 1 is 1.33 bits per heavy atom. The maximum Gasteiger partial charge on any atom is 0.124 e. The molecule has 0 saturated carbocycles. The number of hydrogen-bond acceptors (Lipinski definition) is 3. The Kier molecular flexibility index (Phi) is 3.10. The second-order valence-electron chi connectivity index (χ2n) is 4.21. The molecule has 2 aromatic heterocycles. The Bertz CT molecular complexity index is 640. The van der Waals surface area contributed by atoms with Crippen molar-refractivity contribution in [2.45, 2.75) is 18.7 Å². The number of furan rings is 1. The second kappa shape index (κ2) is 4.75. The predicted molar refractivity (Wildman–Crippen MR) is 75.4 cm³/mol. The van der Waals surface area contributed by atoms with Crippen molar-refractivity contribution in [3.8, 4) is 0 Å². The van der Waals surface area contributed by atoms with Gasteiger partial charge in [0.25, 0.3) is 0 Å². The third-order valence-corrected chi connectivity index (χ3v) is 4.29. The van der Waals surface area contributed by atoms with Gasteiger partial charge in [-0.3, -0.25) is 0 Å². The number of thiazole rings is 1. The van der Waals surface area contributed by atoms with E-state index in [0.717, 1.165) is 21.8 Å². The number of nitrogens with zero attached hydrogens (tertiary/aromatic N) is 1. The van der Waals surface area contributed by atoms with E-state index in [9.17, 15) is 0 Å². The normalized spacial score (nSPS) is 13.0. The molecule has 3 aromatic rings. The molecule has 0 amide bonds. The minimum atomic E-state index is -0.152. The SMILES string of the molecule is Cc1ccoc1C(Cl)Cc1nc2ccccc2s1. The van der Waals surface area contributed by atoms with Gasteiger partial charge in [-0.05, 0) is 30.7 Å². The maximum absolute atomic E-state index is 6.39. The fraction of sp³-hybridized carbons (Fsp3) is 0.214. The minimum Gasteiger partial charge on any atom is -0.467 e. The highest BCUT2D eigenvalue weighted by Gasteiger charge is 2.17. The van der Waals surface area contributed by atoms with E-state index >= 15 is 0 Å². The zero-order valence-electron chi connectivity index (χ0n) is 9.89. The average molecular weight is 278 g/mol. The van der Waals surface area contributed by atoms with Crippen molar-refractivity contribution in [1.29, 1.82) is 0 Å². The Labute approximate surface area is 114 Å². The number of rotatable bonds is 3. The smallest absolute Gasteiger partial charge is 0.124 e. The van der Waals surface area contributed by atoms with Crippen molar-refractivity contribution in [1.82, 2.24) is 4.98 Å². The Morgan fingerprint density at radius 3 is 2.89 bits per heavy atom. The third kappa shape index (κ3) is 2.16. The van der Waals surface area contributed by atoms with E-state index < -0.39 is 0 Å². The van der Waals surface area contributed by atoms with Crippen molar-refractivity contribution in [2.24, 2.45) is 0 Å². The fourth-order valence-corrected chi connectivity index (χ4v) is 3.43. The van der Waals surface area contributed by atoms with Crippen LogP contribution >= 0.6 is 22.9 Å². The van der Waals surface area contributed by atoms with E-state index in [1.54, 1.807) is 17.6 Å². The molecular formula is C14H12ClNOS. The van der Waals surface area contributed by atoms with E-state index in [0.29, 0.717) is 6.42 Å². The van der Waals surface area contributed by atoms with Gasteiger partial charge in [-0.15, -0.1) is 22.9 Å². The molecule has 1 aromatic carbocycles. The summed E-state index contributed by atoms with van der Waals surface area (Å²) in [4.78, 5) is 4.58. The molecule has 0 aliphatic carbocycles. The highest BCUT2D eigenvalue weighted by molar-refractivity contribution is 7.18. The number of hydrogen-bond donors (Lipinski definition) is 0. The molecule has 0 spiro atoms. The van der Waals surface area contributed by atoms with Crippen molar-refractivity contribution in [3.05, 3.63) is 52.9 Å². The van der Waals surface area contributed by atoms with E-state index in [2.05, 4.69) is 11.1 Å². The van der Waals surface area contributed by atoms with E-state index in [-0.39, 0.29) is 5.38 Å². The lowest BCUT2D eigenvalue weighted by Crippen LogP contribution is -1.95. The molecule has 4 heteroatoms. The van der Waals surface area contributed by atoms with Gasteiger partial charge in [0.15, 0.2) is 0 Å². The summed E-state index contributed by atoms with van der Waals surface area (Å²) >= 11 is 8.08. The highest BCUT2D eigenvalue weighted by Crippen LogP contribution is 2.31. The molecule has 0 fully saturated rings. The summed E-state index contributed by atoms with van der Waals surface area (Å²) in [5.74, 6) is 0.843. The molecule has 0 aliphatic heterocycles. The van der Waals surface area contributed by atoms with Gasteiger partial charge < -0.3 is 4.42 Å². The Morgan fingerprint density at radius 2 is 2.17 bits per heavy atom. The summed E-state index contributed by atoms with van der Waals surface area (Å²) in [6, 6.07) is 10.1. The number of alkyl halides is 1. The molecule has 1 atom stereocenters. The van der Waals surface area contributed by atoms with Gasteiger partial charge in [0.05, 0.1) is 26.9 Å². The van der Waals surface area contributed by atoms with Gasteiger partial charge in [0.2, 0.25) is 0 Å². The van der Waals surface area contributed by atoms with Crippen LogP contribution in [0.1, 0.15) is 21.7 Å². The molecule has 0 radical (unpaired) electrons. The number of aryl methyl sites for hydroxylation is 1. The number of halogens is 1. The summed E-state index contributed by atoms with van der Waals surface area (Å²) in [5, 5.41) is 0.896. The summed E-state index contributed by atoms with van der Waals surface area (Å²) in [7, 11) is 0. The van der Waals surface area contributed by atoms with Crippen molar-refractivity contribution in [2.75, 3.05) is 0 Å². The summed E-state index contributed by atoms with van der Waals surface area (Å²) in [6.45, 7) is 2.01. The number of benzene rings is 1. The zero-order valence-corrected chi connectivity index (χ0v) is 11.5. The minimum absolute atomic E-state index is 0.152. The zero-order chi connectivity index (χ0) is 12.5. The van der Waals surface area contributed by atoms with Crippen LogP contribution in [-0.4, -0.2) is 4.98 Å². The first kappa shape index (κ1) is 11.8. The number of para-hydroxylation sites is 1. The molecule has 92 valence electrons. The van der Waals surface area contributed by atoms with Gasteiger partial charge in [-0.2, -0.15) is 0 Å². The van der Waals surface area contributed by atoms with Gasteiger partial charge in [-0.1, -0.05) is 12.1 Å². The van der Waals surface area contributed by atoms with E-state index in [1.807, 2.05) is 31.2 Å². The van der Waals surface area contributed by atoms with Gasteiger partial charge in [0, 0.05) is 6.42 Å². The first-order valence-electron chi connectivity index (χ1n) is 5.76. The molecule has 2 heterocycles. The van der Waals surface area contributed by atoms with Crippen LogP contribution in [-0.2, 0) is 6.42 Å². The van der Waals surface area contributed by atoms with Crippen LogP contribution in [0.4, 0.5) is 0 Å². The molecule has 0 N–H and O–H groups in total. The molecule has 18 heavy (non-hydrogen) atoms. The first-order valence-corrected chi connectivity index (χ1v) is 7.02. The average Bonchev–Trinajstić information content (AvgIpc) is 2.94. The number of fused-ring (bicyclic) bond motifs is 1. The third-order valence-electron chi connectivity index (χ3n) is 2.88. The summed E-state index contributed by atoms with van der Waals surface area (Å²) < 4.78 is 6.62. The lowest BCUT2D eigenvalue weighted by atomic mass is 10.2. The molecule has 3 rings (SSSR count). The Balaban J connectivity index is 1.86. The monoisotopic (exact) mass is 277 g/mol. The van der Waals surface area contributed by atoms with Crippen molar-refractivity contribution in [3.63, 3.8) is 0 Å². The van der Waals surface area contributed by atoms with Crippen LogP contribution in [0.25, 0.3) is 10.2 Å². The van der Waals surface area contributed by atoms with Gasteiger partial charge in [-0.25, -0.2) is 4.98 Å². The van der Waals surface area contributed by atoms with Crippen LogP contribution in [0.2, 0.25) is 0 Å². The summed E-state index contributed by atoms with van der Waals surface area (Å²) in [5.41, 5.74) is 2.13. The van der Waals surface area contributed by atoms with E-state index in [1.165, 1.54) is 4.70 Å². The molecule has 0 saturated heterocycles. The van der Waals surface area contributed by atoms with E-state index in [4.69, 9.17) is 16.0 Å². The van der Waals surface area contributed by atoms with Crippen LogP contribution in [0.5, 0.6) is 0 Å². The predicted octanol–water partition coefficient (Wildman–Crippen LogP) is 4.72. The van der Waals surface area contributed by atoms with Crippen molar-refractivity contribution < 1.29 is 4.42 Å². The van der Waals surface area contributed by atoms with Gasteiger partial charge >= 0.3 is 0 Å². The summed E-state index contributed by atoms with van der Waals surface area (Å²) in [6.07, 6.45) is 2.38. The highest BCUT2D eigenvalue weighted by atomic mass is 35.5. The number of aromatic nitrogens is 1. The lowest BCUT2D eigenvalue weighted by Gasteiger charge is -2.04. The van der Waals surface area contributed by atoms with Crippen LogP contribution in [0.15, 0.2) is 41.0 Å². The molecule has 0 bridgehead atoms. The standard InChI is InChI=1S/C14H12ClNOS/c1-9-6-7-17-14(9)10(15)8-13-16-11-4-2-3-5-12(11)18-13/h2-7,10H,8H2,1H3. The first-order chi connectivity index (χ1) is 8.74. The molecular weight excluding hydrogens is 266 g/mol. The van der Waals surface area contributed by atoms with Crippen LogP contribution < -0.4 is 0 Å². The largest absolute Gasteiger partial charge is 0.467 e. The Hall–Kier alpha value is -1.32. The molecule has 1 unspecified atom stereocenters. The fourth-order valence-electron chi connectivity index (χ4n) is 1.96. The molecule has 2 nitrogen and oxygen atoms in total. The second-order valence-corrected chi connectivity index (χ2v) is 5.86. The van der Waals surface area contributed by atoms with Crippen molar-refractivity contribution >= 4 is 33.2 Å². The van der Waals surface area contributed by atoms with Gasteiger partial charge in [0.1, 0.15) is 5.76 Å².